The molecule has 1 atom stereocenters. The van der Waals surface area contributed by atoms with Gasteiger partial charge < -0.3 is 18.6 Å². The Morgan fingerprint density at radius 1 is 0.912 bits per heavy atom. The van der Waals surface area contributed by atoms with E-state index >= 15 is 0 Å². The van der Waals surface area contributed by atoms with Crippen LogP contribution in [0.5, 0.6) is 11.5 Å². The minimum Gasteiger partial charge on any atom is -0.421 e. The minimum absolute atomic E-state index is 0.195. The number of benzene rings is 2. The quantitative estimate of drug-likeness (QED) is 0.384. The van der Waals surface area contributed by atoms with Crippen LogP contribution in [-0.2, 0) is 24.9 Å². The fraction of sp³-hybridized carbons (Fsp3) is 0.273. The Morgan fingerprint density at radius 2 is 1.53 bits per heavy atom. The minimum atomic E-state index is -4.83. The van der Waals surface area contributed by atoms with E-state index in [1.54, 1.807) is 30.2 Å². The van der Waals surface area contributed by atoms with Crippen LogP contribution in [0, 0.1) is 0 Å². The smallest absolute Gasteiger partial charge is 0.421 e. The molecule has 1 aliphatic rings. The molecular weight excluding hydrogens is 476 g/mol. The van der Waals surface area contributed by atoms with Gasteiger partial charge in [0.25, 0.3) is 0 Å². The maximum atomic E-state index is 13.7. The van der Waals surface area contributed by atoms with E-state index in [1.165, 1.54) is 0 Å². The first-order chi connectivity index (χ1) is 16.0. The standard InChI is InChI=1S/C22H18F4N4O3S/c1-4-34(31)20-17(28-18(30(20)3)12-8-6-5-7-9-12)19-27-13-10-15-16(11-14(13)29(19)2)33-22(25,26)21(23,24)32-15/h5-11H,4H2,1-3H3. The van der Waals surface area contributed by atoms with Gasteiger partial charge in [0.1, 0.15) is 16.5 Å². The lowest BCUT2D eigenvalue weighted by atomic mass is 10.2. The summed E-state index contributed by atoms with van der Waals surface area (Å²) in [7, 11) is 1.94. The van der Waals surface area contributed by atoms with Crippen molar-refractivity contribution in [2.24, 2.45) is 14.1 Å². The Balaban J connectivity index is 1.71. The molecule has 0 saturated heterocycles. The molecule has 5 rings (SSSR count). The topological polar surface area (TPSA) is 71.2 Å². The van der Waals surface area contributed by atoms with Crippen LogP contribution in [0.25, 0.3) is 33.9 Å². The molecule has 0 saturated carbocycles. The zero-order chi connectivity index (χ0) is 24.4. The number of hydrogen-bond donors (Lipinski definition) is 0. The third kappa shape index (κ3) is 3.27. The summed E-state index contributed by atoms with van der Waals surface area (Å²) < 4.78 is 79.3. The van der Waals surface area contributed by atoms with Gasteiger partial charge in [-0.25, -0.2) is 9.97 Å². The van der Waals surface area contributed by atoms with Crippen molar-refractivity contribution < 1.29 is 31.2 Å². The molecule has 1 aliphatic heterocycles. The molecule has 4 aromatic rings. The molecule has 1 unspecified atom stereocenters. The highest BCUT2D eigenvalue weighted by atomic mass is 32.2. The predicted octanol–water partition coefficient (Wildman–Crippen LogP) is 4.73. The number of ether oxygens (including phenoxy) is 2. The summed E-state index contributed by atoms with van der Waals surface area (Å²) in [6.07, 6.45) is -9.66. The molecular formula is C22H18F4N4O3S. The van der Waals surface area contributed by atoms with Crippen molar-refractivity contribution in [3.8, 4) is 34.4 Å². The van der Waals surface area contributed by atoms with Gasteiger partial charge >= 0.3 is 12.2 Å². The van der Waals surface area contributed by atoms with Gasteiger partial charge in [0.05, 0.1) is 21.8 Å². The average molecular weight is 494 g/mol. The number of aryl methyl sites for hydroxylation is 1. The first-order valence-electron chi connectivity index (χ1n) is 10.2. The van der Waals surface area contributed by atoms with Crippen molar-refractivity contribution in [2.75, 3.05) is 5.75 Å². The molecule has 0 aliphatic carbocycles. The molecule has 12 heteroatoms. The fourth-order valence-corrected chi connectivity index (χ4v) is 4.86. The summed E-state index contributed by atoms with van der Waals surface area (Å²) in [5.41, 5.74) is 1.64. The Bertz CT molecular complexity index is 1450. The van der Waals surface area contributed by atoms with E-state index in [4.69, 9.17) is 4.98 Å². The summed E-state index contributed by atoms with van der Waals surface area (Å²) >= 11 is 0. The third-order valence-corrected chi connectivity index (χ3v) is 6.95. The molecule has 2 aromatic heterocycles. The lowest BCUT2D eigenvalue weighted by Gasteiger charge is -2.31. The number of aromatic nitrogens is 4. The number of nitrogens with zero attached hydrogens (tertiary/aromatic N) is 4. The second-order valence-corrected chi connectivity index (χ2v) is 9.32. The summed E-state index contributed by atoms with van der Waals surface area (Å²) in [6, 6.07) is 11.6. The largest absolute Gasteiger partial charge is 0.507 e. The van der Waals surface area contributed by atoms with Gasteiger partial charge in [-0.05, 0) is 0 Å². The summed E-state index contributed by atoms with van der Waals surface area (Å²) in [6.45, 7) is 1.77. The average Bonchev–Trinajstić information content (AvgIpc) is 3.29. The fourth-order valence-electron chi connectivity index (χ4n) is 3.84. The third-order valence-electron chi connectivity index (χ3n) is 5.53. The van der Waals surface area contributed by atoms with Crippen LogP contribution >= 0.6 is 0 Å². The number of halogens is 4. The van der Waals surface area contributed by atoms with Crippen molar-refractivity contribution in [3.05, 3.63) is 42.5 Å². The van der Waals surface area contributed by atoms with Crippen LogP contribution in [-0.4, -0.2) is 41.3 Å². The predicted molar refractivity (Wildman–Crippen MR) is 116 cm³/mol. The number of rotatable bonds is 4. The second-order valence-electron chi connectivity index (χ2n) is 7.67. The van der Waals surface area contributed by atoms with Crippen molar-refractivity contribution >= 4 is 21.8 Å². The van der Waals surface area contributed by atoms with Gasteiger partial charge in [-0.2, -0.15) is 17.6 Å². The van der Waals surface area contributed by atoms with Crippen molar-refractivity contribution in [3.63, 3.8) is 0 Å². The Hall–Kier alpha value is -3.41. The molecule has 0 spiro atoms. The van der Waals surface area contributed by atoms with Crippen LogP contribution in [0.1, 0.15) is 6.92 Å². The van der Waals surface area contributed by atoms with Gasteiger partial charge in [-0.1, -0.05) is 37.3 Å². The van der Waals surface area contributed by atoms with Crippen LogP contribution in [0.15, 0.2) is 47.5 Å². The van der Waals surface area contributed by atoms with Gasteiger partial charge in [-0.15, -0.1) is 0 Å². The molecule has 0 bridgehead atoms. The second kappa shape index (κ2) is 7.55. The highest BCUT2D eigenvalue weighted by Crippen LogP contribution is 2.48. The Kier molecular flexibility index (Phi) is 4.97. The molecule has 178 valence electrons. The highest BCUT2D eigenvalue weighted by Gasteiger charge is 2.66. The number of alkyl halides is 4. The van der Waals surface area contributed by atoms with Crippen LogP contribution in [0.3, 0.4) is 0 Å². The maximum absolute atomic E-state index is 13.7. The van der Waals surface area contributed by atoms with E-state index in [9.17, 15) is 21.8 Å². The lowest BCUT2D eigenvalue weighted by molar-refractivity contribution is -0.391. The summed E-state index contributed by atoms with van der Waals surface area (Å²) in [5.74, 6) is 0.0677. The van der Waals surface area contributed by atoms with E-state index in [2.05, 4.69) is 14.5 Å². The first kappa shape index (κ1) is 22.4. The Morgan fingerprint density at radius 3 is 2.15 bits per heavy atom. The molecule has 2 aromatic carbocycles. The monoisotopic (exact) mass is 494 g/mol. The Labute approximate surface area is 193 Å². The normalized spacial score (nSPS) is 17.1. The maximum Gasteiger partial charge on any atom is 0.507 e. The van der Waals surface area contributed by atoms with Crippen LogP contribution in [0.4, 0.5) is 17.6 Å². The zero-order valence-corrected chi connectivity index (χ0v) is 19.0. The molecule has 0 amide bonds. The molecule has 3 heterocycles. The van der Waals surface area contributed by atoms with Crippen LogP contribution < -0.4 is 9.47 Å². The zero-order valence-electron chi connectivity index (χ0n) is 18.2. The number of hydrogen-bond acceptors (Lipinski definition) is 5. The van der Waals surface area contributed by atoms with Gasteiger partial charge in [-0.3, -0.25) is 4.21 Å². The molecule has 34 heavy (non-hydrogen) atoms. The molecule has 0 N–H and O–H groups in total. The number of imidazole rings is 2. The van der Waals surface area contributed by atoms with Crippen LogP contribution in [0.2, 0.25) is 0 Å². The molecule has 0 radical (unpaired) electrons. The number of fused-ring (bicyclic) bond motifs is 2. The van der Waals surface area contributed by atoms with E-state index in [1.807, 2.05) is 30.3 Å². The van der Waals surface area contributed by atoms with Gasteiger partial charge in [0.2, 0.25) is 0 Å². The molecule has 0 fully saturated rings. The van der Waals surface area contributed by atoms with Gasteiger partial charge in [0.15, 0.2) is 17.3 Å². The van der Waals surface area contributed by atoms with Gasteiger partial charge in [0, 0.05) is 37.5 Å². The van der Waals surface area contributed by atoms with Crippen molar-refractivity contribution in [2.45, 2.75) is 24.2 Å². The van der Waals surface area contributed by atoms with Crippen molar-refractivity contribution in [1.82, 2.24) is 19.1 Å². The first-order valence-corrected chi connectivity index (χ1v) is 11.5. The van der Waals surface area contributed by atoms with E-state index < -0.39 is 34.5 Å². The van der Waals surface area contributed by atoms with E-state index in [0.29, 0.717) is 27.8 Å². The summed E-state index contributed by atoms with van der Waals surface area (Å²) in [4.78, 5) is 9.19. The highest BCUT2D eigenvalue weighted by molar-refractivity contribution is 7.85. The molecule has 7 nitrogen and oxygen atoms in total. The van der Waals surface area contributed by atoms with E-state index in [0.717, 1.165) is 17.7 Å². The summed E-state index contributed by atoms with van der Waals surface area (Å²) in [5, 5.41) is 0.426. The van der Waals surface area contributed by atoms with E-state index in [-0.39, 0.29) is 11.3 Å². The SMILES string of the molecule is CCS(=O)c1c(-c2nc3cc4c(cc3n2C)OC(F)(F)C(F)(F)O4)nc(-c2ccccc2)n1C. The van der Waals surface area contributed by atoms with Crippen molar-refractivity contribution in [1.29, 1.82) is 0 Å². The lowest BCUT2D eigenvalue weighted by Crippen LogP contribution is -2.52.